The maximum atomic E-state index is 11.5. The Hall–Kier alpha value is -2.92. The summed E-state index contributed by atoms with van der Waals surface area (Å²) in [7, 11) is -1.41. The van der Waals surface area contributed by atoms with E-state index in [9.17, 15) is 28.8 Å². The predicted molar refractivity (Wildman–Crippen MR) is 101 cm³/mol. The van der Waals surface area contributed by atoms with E-state index < -0.39 is 42.0 Å². The van der Waals surface area contributed by atoms with E-state index in [1.54, 1.807) is 0 Å². The summed E-state index contributed by atoms with van der Waals surface area (Å²) in [6, 6.07) is 0. The maximum absolute atomic E-state index is 11.5. The van der Waals surface area contributed by atoms with Gasteiger partial charge in [-0.15, -0.1) is 0 Å². The van der Waals surface area contributed by atoms with E-state index in [-0.39, 0.29) is 38.0 Å². The van der Waals surface area contributed by atoms with Gasteiger partial charge in [-0.25, -0.2) is 14.4 Å². The van der Waals surface area contributed by atoms with Crippen molar-refractivity contribution in [3.05, 3.63) is 0 Å². The van der Waals surface area contributed by atoms with Gasteiger partial charge >= 0.3 is 18.3 Å². The minimum absolute atomic E-state index is 0.0990. The van der Waals surface area contributed by atoms with Gasteiger partial charge in [0.1, 0.15) is 0 Å². The van der Waals surface area contributed by atoms with Crippen molar-refractivity contribution in [2.75, 3.05) is 26.2 Å². The molecule has 0 aromatic rings. The Morgan fingerprint density at radius 2 is 1.03 bits per heavy atom. The molecule has 0 radical (unpaired) electrons. The number of amides is 6. The van der Waals surface area contributed by atoms with Crippen LogP contribution < -0.4 is 31.9 Å². The van der Waals surface area contributed by atoms with Crippen LogP contribution in [0.2, 0.25) is 0 Å². The summed E-state index contributed by atoms with van der Waals surface area (Å²) in [5.74, 6) is -1.17. The van der Waals surface area contributed by atoms with Crippen molar-refractivity contribution in [3.63, 3.8) is 0 Å². The Kier molecular flexibility index (Phi) is 14.5. The lowest BCUT2D eigenvalue weighted by molar-refractivity contribution is -0.119. The predicted octanol–water partition coefficient (Wildman–Crippen LogP) is -1.47. The molecule has 164 valence electrons. The van der Waals surface area contributed by atoms with Crippen LogP contribution >= 0.6 is 17.8 Å². The first-order valence-corrected chi connectivity index (χ1v) is 9.71. The van der Waals surface area contributed by atoms with E-state index in [0.717, 1.165) is 0 Å². The zero-order valence-corrected chi connectivity index (χ0v) is 17.5. The van der Waals surface area contributed by atoms with E-state index in [0.29, 0.717) is 0 Å². The first-order chi connectivity index (χ1) is 13.7. The molecule has 0 saturated carbocycles. The summed E-state index contributed by atoms with van der Waals surface area (Å²) < 4.78 is 13.8. The fourth-order valence-electron chi connectivity index (χ4n) is 1.13. The smallest absolute Gasteiger partial charge is 0.413 e. The van der Waals surface area contributed by atoms with E-state index in [4.69, 9.17) is 4.52 Å². The molecule has 2 unspecified atom stereocenters. The molecule has 0 heterocycles. The standard InChI is InChI=1S/C12H22N6O9P2/c1-7(19)13-4-16-10(22)25-28-3-9(21)15-6-18-12(24)27-29-26-11(23)17-5-14-8(2)20/h28-29H,3-6H2,1-2H3,(H,13,19)(H,14,20)(H,15,21)(H,16,22)(H,17,23)(H,18,24). The molecule has 2 atom stereocenters. The molecule has 0 aromatic heterocycles. The molecular weight excluding hydrogens is 434 g/mol. The van der Waals surface area contributed by atoms with Gasteiger partial charge in [-0.2, -0.15) is 0 Å². The molecule has 0 aliphatic rings. The maximum Gasteiger partial charge on any atom is 0.413 e. The molecule has 6 N–H and O–H groups in total. The molecule has 17 heteroatoms. The second-order valence-corrected chi connectivity index (χ2v) is 6.12. The van der Waals surface area contributed by atoms with Crippen LogP contribution in [-0.2, 0) is 28.0 Å². The highest BCUT2D eigenvalue weighted by Gasteiger charge is 2.08. The summed E-state index contributed by atoms with van der Waals surface area (Å²) in [5, 5.41) is 13.5. The summed E-state index contributed by atoms with van der Waals surface area (Å²) in [6.45, 7) is 2.04. The van der Waals surface area contributed by atoms with Crippen LogP contribution in [0.4, 0.5) is 14.4 Å². The van der Waals surface area contributed by atoms with Crippen molar-refractivity contribution in [3.8, 4) is 0 Å². The monoisotopic (exact) mass is 456 g/mol. The zero-order valence-electron chi connectivity index (χ0n) is 15.5. The van der Waals surface area contributed by atoms with Crippen LogP contribution in [0.25, 0.3) is 0 Å². The van der Waals surface area contributed by atoms with E-state index in [1.807, 2.05) is 0 Å². The first kappa shape index (κ1) is 26.1. The largest absolute Gasteiger partial charge is 0.432 e. The molecule has 29 heavy (non-hydrogen) atoms. The average molecular weight is 456 g/mol. The SMILES string of the molecule is CC(=O)NCNC(=O)OPCC(=O)NCNC(=O)OPOC(=O)NCNC(C)=O. The number of hydrogen-bond acceptors (Lipinski definition) is 9. The molecule has 0 fully saturated rings. The van der Waals surface area contributed by atoms with Crippen molar-refractivity contribution < 1.29 is 42.3 Å². The summed E-state index contributed by atoms with van der Waals surface area (Å²) in [4.78, 5) is 66.3. The summed E-state index contributed by atoms with van der Waals surface area (Å²) in [6.07, 6.45) is -2.79. The molecule has 0 aromatic carbocycles. The van der Waals surface area contributed by atoms with Crippen LogP contribution in [0.3, 0.4) is 0 Å². The molecule has 0 bridgehead atoms. The third kappa shape index (κ3) is 18.2. The van der Waals surface area contributed by atoms with Gasteiger partial charge in [-0.1, -0.05) is 0 Å². The van der Waals surface area contributed by atoms with Crippen molar-refractivity contribution >= 4 is 53.8 Å². The molecular formula is C12H22N6O9P2. The zero-order chi connectivity index (χ0) is 22.1. The van der Waals surface area contributed by atoms with Crippen LogP contribution in [0, 0.1) is 0 Å². The van der Waals surface area contributed by atoms with Gasteiger partial charge < -0.3 is 45.5 Å². The number of carbonyl (C=O) groups excluding carboxylic acids is 6. The van der Waals surface area contributed by atoms with Crippen LogP contribution in [0.5, 0.6) is 0 Å². The second kappa shape index (κ2) is 16.1. The van der Waals surface area contributed by atoms with Crippen molar-refractivity contribution in [1.82, 2.24) is 31.9 Å². The lowest BCUT2D eigenvalue weighted by Gasteiger charge is -2.09. The molecule has 0 aliphatic carbocycles. The van der Waals surface area contributed by atoms with Gasteiger partial charge in [0.15, 0.2) is 0 Å². The van der Waals surface area contributed by atoms with Crippen LogP contribution in [0.1, 0.15) is 13.8 Å². The van der Waals surface area contributed by atoms with E-state index in [2.05, 4.69) is 40.9 Å². The van der Waals surface area contributed by atoms with Gasteiger partial charge in [-0.3, -0.25) is 14.4 Å². The Bertz CT molecular complexity index is 556. The fraction of sp³-hybridized carbons (Fsp3) is 0.500. The number of rotatable bonds is 11. The molecule has 0 spiro atoms. The molecule has 0 aliphatic heterocycles. The van der Waals surface area contributed by atoms with Gasteiger partial charge in [0.05, 0.1) is 35.0 Å². The number of hydrogen-bond donors (Lipinski definition) is 6. The third-order valence-electron chi connectivity index (χ3n) is 2.32. The second-order valence-electron chi connectivity index (χ2n) is 4.70. The lowest BCUT2D eigenvalue weighted by atomic mass is 10.7. The quantitative estimate of drug-likeness (QED) is 0.158. The highest BCUT2D eigenvalue weighted by molar-refractivity contribution is 7.34. The van der Waals surface area contributed by atoms with Gasteiger partial charge in [0, 0.05) is 13.8 Å². The minimum atomic E-state index is -0.950. The van der Waals surface area contributed by atoms with Crippen molar-refractivity contribution in [2.45, 2.75) is 13.8 Å². The third-order valence-corrected chi connectivity index (χ3v) is 3.66. The Balaban J connectivity index is 3.64. The lowest BCUT2D eigenvalue weighted by Crippen LogP contribution is -2.38. The van der Waals surface area contributed by atoms with Crippen LogP contribution in [-0.4, -0.2) is 62.2 Å². The van der Waals surface area contributed by atoms with E-state index >= 15 is 0 Å². The van der Waals surface area contributed by atoms with Gasteiger partial charge in [-0.05, 0) is 0 Å². The Morgan fingerprint density at radius 3 is 1.48 bits per heavy atom. The average Bonchev–Trinajstić information content (AvgIpc) is 2.61. The summed E-state index contributed by atoms with van der Waals surface area (Å²) in [5.41, 5.74) is 0. The fourth-order valence-corrected chi connectivity index (χ4v) is 2.00. The number of nitrogens with one attached hydrogen (secondary N) is 6. The van der Waals surface area contributed by atoms with E-state index in [1.165, 1.54) is 13.8 Å². The molecule has 15 nitrogen and oxygen atoms in total. The first-order valence-electron chi connectivity index (χ1n) is 7.78. The Morgan fingerprint density at radius 1 is 0.621 bits per heavy atom. The molecule has 0 saturated heterocycles. The molecule has 6 amide bonds. The highest BCUT2D eigenvalue weighted by atomic mass is 31.1. The van der Waals surface area contributed by atoms with Crippen molar-refractivity contribution in [2.24, 2.45) is 0 Å². The minimum Gasteiger partial charge on any atom is -0.432 e. The summed E-state index contributed by atoms with van der Waals surface area (Å²) >= 11 is 0. The topological polar surface area (TPSA) is 202 Å². The number of carbonyl (C=O) groups is 6. The Labute approximate surface area is 168 Å². The normalized spacial score (nSPS) is 10.1. The van der Waals surface area contributed by atoms with Crippen molar-refractivity contribution in [1.29, 1.82) is 0 Å². The highest BCUT2D eigenvalue weighted by Crippen LogP contribution is 2.13. The molecule has 0 rings (SSSR count). The van der Waals surface area contributed by atoms with Gasteiger partial charge in [0.2, 0.25) is 17.7 Å². The van der Waals surface area contributed by atoms with Crippen LogP contribution in [0.15, 0.2) is 0 Å². The van der Waals surface area contributed by atoms with Gasteiger partial charge in [0.25, 0.3) is 9.03 Å².